The van der Waals surface area contributed by atoms with Crippen LogP contribution in [-0.2, 0) is 16.0 Å². The maximum atomic E-state index is 11.3. The van der Waals surface area contributed by atoms with Gasteiger partial charge in [0.15, 0.2) is 5.96 Å². The van der Waals surface area contributed by atoms with Crippen molar-refractivity contribution in [1.82, 2.24) is 10.3 Å². The Balaban J connectivity index is 2.13. The Morgan fingerprint density at radius 2 is 2.47 bits per heavy atom. The van der Waals surface area contributed by atoms with E-state index in [1.165, 1.54) is 0 Å². The minimum absolute atomic E-state index is 0.124. The quantitative estimate of drug-likeness (QED) is 0.296. The Morgan fingerprint density at radius 3 is 3.06 bits per heavy atom. The number of esters is 1. The van der Waals surface area contributed by atoms with Crippen molar-refractivity contribution in [3.8, 4) is 0 Å². The van der Waals surface area contributed by atoms with Gasteiger partial charge in [0.25, 0.3) is 0 Å². The van der Waals surface area contributed by atoms with Gasteiger partial charge < -0.3 is 15.8 Å². The second kappa shape index (κ2) is 6.85. The summed E-state index contributed by atoms with van der Waals surface area (Å²) in [7, 11) is 0. The van der Waals surface area contributed by atoms with E-state index in [0.29, 0.717) is 19.4 Å². The summed E-state index contributed by atoms with van der Waals surface area (Å²) in [6, 6.07) is 0. The van der Waals surface area contributed by atoms with E-state index in [1.54, 1.807) is 16.8 Å². The predicted molar refractivity (Wildman–Crippen MR) is 66.0 cm³/mol. The molecule has 4 N–H and O–H groups in total. The van der Waals surface area contributed by atoms with Crippen molar-refractivity contribution >= 4 is 23.3 Å². The number of hydrogen-bond acceptors (Lipinski definition) is 5. The molecule has 0 aliphatic rings. The number of nitrogens with two attached hydrogens (primary N) is 1. The van der Waals surface area contributed by atoms with Gasteiger partial charge in [0.05, 0.1) is 24.2 Å². The first-order chi connectivity index (χ1) is 8.09. The molecule has 0 aliphatic carbocycles. The smallest absolute Gasteiger partial charge is 0.306 e. The second-order valence-corrected chi connectivity index (χ2v) is 4.36. The fourth-order valence-corrected chi connectivity index (χ4v) is 1.99. The number of thiazole rings is 1. The Hall–Kier alpha value is -1.63. The van der Waals surface area contributed by atoms with E-state index in [4.69, 9.17) is 15.9 Å². The number of guanidine groups is 1. The zero-order valence-corrected chi connectivity index (χ0v) is 10.5. The molecule has 1 aromatic rings. The van der Waals surface area contributed by atoms with E-state index in [0.717, 1.165) is 10.6 Å². The molecule has 94 valence electrons. The Labute approximate surface area is 104 Å². The molecule has 1 aromatic heterocycles. The molecule has 0 fully saturated rings. The third kappa shape index (κ3) is 5.30. The molecule has 0 atom stereocenters. The van der Waals surface area contributed by atoms with Crippen LogP contribution in [0.4, 0.5) is 0 Å². The van der Waals surface area contributed by atoms with Crippen molar-refractivity contribution in [2.24, 2.45) is 5.73 Å². The van der Waals surface area contributed by atoms with Crippen molar-refractivity contribution in [2.45, 2.75) is 19.8 Å². The van der Waals surface area contributed by atoms with Gasteiger partial charge in [-0.05, 0) is 13.3 Å². The number of ether oxygens (including phenoxy) is 1. The first-order valence-corrected chi connectivity index (χ1v) is 6.10. The lowest BCUT2D eigenvalue weighted by molar-refractivity contribution is -0.143. The van der Waals surface area contributed by atoms with Crippen LogP contribution in [-0.4, -0.2) is 30.1 Å². The van der Waals surface area contributed by atoms with Crippen molar-refractivity contribution in [3.05, 3.63) is 16.1 Å². The summed E-state index contributed by atoms with van der Waals surface area (Å²) in [5.41, 5.74) is 7.82. The maximum Gasteiger partial charge on any atom is 0.306 e. The van der Waals surface area contributed by atoms with Crippen molar-refractivity contribution in [1.29, 1.82) is 5.41 Å². The number of carbonyl (C=O) groups excluding carboxylic acids is 1. The molecule has 17 heavy (non-hydrogen) atoms. The van der Waals surface area contributed by atoms with Gasteiger partial charge in [-0.15, -0.1) is 11.3 Å². The highest BCUT2D eigenvalue weighted by molar-refractivity contribution is 7.09. The number of aryl methyl sites for hydroxylation is 2. The van der Waals surface area contributed by atoms with Crippen LogP contribution in [0, 0.1) is 12.3 Å². The van der Waals surface area contributed by atoms with E-state index in [9.17, 15) is 4.79 Å². The van der Waals surface area contributed by atoms with Crippen LogP contribution in [0.2, 0.25) is 0 Å². The van der Waals surface area contributed by atoms with Gasteiger partial charge in [-0.2, -0.15) is 0 Å². The van der Waals surface area contributed by atoms with Crippen LogP contribution in [0.1, 0.15) is 17.0 Å². The highest BCUT2D eigenvalue weighted by atomic mass is 32.1. The molecule has 0 radical (unpaired) electrons. The van der Waals surface area contributed by atoms with Crippen molar-refractivity contribution in [2.75, 3.05) is 13.2 Å². The summed E-state index contributed by atoms with van der Waals surface area (Å²) in [5, 5.41) is 9.46. The fourth-order valence-electron chi connectivity index (χ4n) is 1.20. The molecule has 6 nitrogen and oxygen atoms in total. The monoisotopic (exact) mass is 256 g/mol. The summed E-state index contributed by atoms with van der Waals surface area (Å²) < 4.78 is 4.96. The molecular formula is C10H16N4O2S. The van der Waals surface area contributed by atoms with E-state index < -0.39 is 0 Å². The topological polar surface area (TPSA) is 101 Å². The SMILES string of the molecule is Cc1ncsc1CCC(=O)OCCNC(=N)N. The molecule has 0 saturated heterocycles. The van der Waals surface area contributed by atoms with Gasteiger partial charge >= 0.3 is 5.97 Å². The van der Waals surface area contributed by atoms with Crippen LogP contribution < -0.4 is 11.1 Å². The van der Waals surface area contributed by atoms with Crippen LogP contribution in [0.15, 0.2) is 5.51 Å². The summed E-state index contributed by atoms with van der Waals surface area (Å²) in [5.74, 6) is -0.371. The summed E-state index contributed by atoms with van der Waals surface area (Å²) >= 11 is 1.55. The van der Waals surface area contributed by atoms with Gasteiger partial charge in [0.1, 0.15) is 6.61 Å². The fraction of sp³-hybridized carbons (Fsp3) is 0.500. The molecule has 0 aliphatic heterocycles. The third-order valence-electron chi connectivity index (χ3n) is 2.08. The standard InChI is InChI=1S/C10H16N4O2S/c1-7-8(17-6-14-7)2-3-9(15)16-5-4-13-10(11)12/h6H,2-5H2,1H3,(H4,11,12,13). The van der Waals surface area contributed by atoms with Crippen LogP contribution in [0.5, 0.6) is 0 Å². The molecule has 0 saturated carbocycles. The lowest BCUT2D eigenvalue weighted by Crippen LogP contribution is -2.33. The van der Waals surface area contributed by atoms with E-state index >= 15 is 0 Å². The Bertz CT molecular complexity index is 391. The Kier molecular flexibility index (Phi) is 5.41. The largest absolute Gasteiger partial charge is 0.464 e. The normalized spacial score (nSPS) is 9.94. The van der Waals surface area contributed by atoms with E-state index in [-0.39, 0.29) is 18.5 Å². The Morgan fingerprint density at radius 1 is 1.71 bits per heavy atom. The first kappa shape index (κ1) is 13.4. The van der Waals surface area contributed by atoms with Crippen LogP contribution in [0.3, 0.4) is 0 Å². The summed E-state index contributed by atoms with van der Waals surface area (Å²) in [6.45, 7) is 2.51. The van der Waals surface area contributed by atoms with Crippen LogP contribution in [0.25, 0.3) is 0 Å². The lowest BCUT2D eigenvalue weighted by atomic mass is 10.2. The number of carbonyl (C=O) groups is 1. The lowest BCUT2D eigenvalue weighted by Gasteiger charge is -2.05. The first-order valence-electron chi connectivity index (χ1n) is 5.22. The maximum absolute atomic E-state index is 11.3. The molecule has 0 unspecified atom stereocenters. The molecule has 7 heteroatoms. The highest BCUT2D eigenvalue weighted by Crippen LogP contribution is 2.14. The molecule has 1 heterocycles. The van der Waals surface area contributed by atoms with Crippen molar-refractivity contribution in [3.63, 3.8) is 0 Å². The van der Waals surface area contributed by atoms with Crippen molar-refractivity contribution < 1.29 is 9.53 Å². The van der Waals surface area contributed by atoms with Gasteiger partial charge in [-0.25, -0.2) is 4.98 Å². The van der Waals surface area contributed by atoms with Gasteiger partial charge in [0, 0.05) is 4.88 Å². The zero-order valence-electron chi connectivity index (χ0n) is 9.66. The predicted octanol–water partition coefficient (Wildman–Crippen LogP) is 0.410. The van der Waals surface area contributed by atoms with Gasteiger partial charge in [-0.1, -0.05) is 0 Å². The molecule has 0 aromatic carbocycles. The van der Waals surface area contributed by atoms with E-state index in [1.807, 2.05) is 6.92 Å². The molecule has 0 amide bonds. The average Bonchev–Trinajstić information content (AvgIpc) is 2.67. The number of nitrogens with one attached hydrogen (secondary N) is 2. The van der Waals surface area contributed by atoms with Crippen LogP contribution >= 0.6 is 11.3 Å². The number of rotatable bonds is 6. The minimum Gasteiger partial charge on any atom is -0.464 e. The number of aromatic nitrogens is 1. The minimum atomic E-state index is -0.247. The number of hydrogen-bond donors (Lipinski definition) is 3. The summed E-state index contributed by atoms with van der Waals surface area (Å²) in [4.78, 5) is 16.6. The van der Waals surface area contributed by atoms with Gasteiger partial charge in [-0.3, -0.25) is 10.2 Å². The molecule has 0 spiro atoms. The van der Waals surface area contributed by atoms with Gasteiger partial charge in [0.2, 0.25) is 0 Å². The molecule has 1 rings (SSSR count). The summed E-state index contributed by atoms with van der Waals surface area (Å²) in [6.07, 6.45) is 1.01. The van der Waals surface area contributed by atoms with E-state index in [2.05, 4.69) is 10.3 Å². The highest BCUT2D eigenvalue weighted by Gasteiger charge is 2.06. The average molecular weight is 256 g/mol. The molecular weight excluding hydrogens is 240 g/mol. The third-order valence-corrected chi connectivity index (χ3v) is 3.08. The number of nitrogens with zero attached hydrogens (tertiary/aromatic N) is 1. The second-order valence-electron chi connectivity index (χ2n) is 3.42. The molecule has 0 bridgehead atoms. The zero-order chi connectivity index (χ0) is 12.7.